The molecule has 0 bridgehead atoms. The zero-order chi connectivity index (χ0) is 10.7. The van der Waals surface area contributed by atoms with Gasteiger partial charge < -0.3 is 4.74 Å². The van der Waals surface area contributed by atoms with Crippen molar-refractivity contribution in [3.05, 3.63) is 16.1 Å². The third-order valence-electron chi connectivity index (χ3n) is 2.10. The number of carbonyl (C=O) groups is 1. The number of aryl methyl sites for hydroxylation is 2. The minimum Gasteiger partial charge on any atom is -0.462 e. The molecular weight excluding hydrogens is 198 g/mol. The van der Waals surface area contributed by atoms with E-state index in [4.69, 9.17) is 4.74 Å². The van der Waals surface area contributed by atoms with Crippen LogP contribution in [0.2, 0.25) is 0 Å². The van der Waals surface area contributed by atoms with Crippen molar-refractivity contribution in [3.8, 4) is 0 Å². The molecule has 1 rings (SSSR count). The highest BCUT2D eigenvalue weighted by Gasteiger charge is 2.25. The van der Waals surface area contributed by atoms with Crippen LogP contribution in [0.25, 0.3) is 0 Å². The van der Waals surface area contributed by atoms with E-state index < -0.39 is 0 Å². The molecule has 1 heterocycles. The zero-order valence-corrected chi connectivity index (χ0v) is 9.90. The summed E-state index contributed by atoms with van der Waals surface area (Å²) in [5.41, 5.74) is 1.74. The number of esters is 1. The van der Waals surface area contributed by atoms with Crippen molar-refractivity contribution in [2.75, 3.05) is 6.61 Å². The van der Waals surface area contributed by atoms with Crippen LogP contribution in [0, 0.1) is 13.8 Å². The van der Waals surface area contributed by atoms with Gasteiger partial charge in [0.1, 0.15) is 17.1 Å². The van der Waals surface area contributed by atoms with Gasteiger partial charge in [-0.05, 0) is 20.8 Å². The molecule has 0 spiro atoms. The minimum absolute atomic E-state index is 0.203. The number of hydrogen-bond donors (Lipinski definition) is 0. The predicted octanol–water partition coefficient (Wildman–Crippen LogP) is 1.85. The van der Waals surface area contributed by atoms with Gasteiger partial charge in [-0.15, -0.1) is 3.96 Å². The average molecular weight is 214 g/mol. The van der Waals surface area contributed by atoms with Gasteiger partial charge in [0.2, 0.25) is 5.69 Å². The van der Waals surface area contributed by atoms with Crippen LogP contribution in [-0.4, -0.2) is 12.6 Å². The van der Waals surface area contributed by atoms with Crippen LogP contribution in [0.4, 0.5) is 0 Å². The highest BCUT2D eigenvalue weighted by Crippen LogP contribution is 2.16. The number of rotatable bonds is 3. The molecule has 0 saturated carbocycles. The van der Waals surface area contributed by atoms with Crippen molar-refractivity contribution in [2.45, 2.75) is 34.2 Å². The van der Waals surface area contributed by atoms with Gasteiger partial charge in [0.15, 0.2) is 6.54 Å². The second kappa shape index (κ2) is 4.55. The summed E-state index contributed by atoms with van der Waals surface area (Å²) in [6, 6.07) is 0. The van der Waals surface area contributed by atoms with Crippen LogP contribution in [-0.2, 0) is 11.3 Å². The maximum atomic E-state index is 11.6. The summed E-state index contributed by atoms with van der Waals surface area (Å²) in [6.45, 7) is 9.13. The van der Waals surface area contributed by atoms with E-state index in [0.29, 0.717) is 6.61 Å². The lowest BCUT2D eigenvalue weighted by Crippen LogP contribution is -2.30. The molecule has 0 atom stereocenters. The number of ether oxygens (including phenoxy) is 1. The number of nitrogens with zero attached hydrogens (tertiary/aromatic N) is 1. The van der Waals surface area contributed by atoms with Crippen LogP contribution >= 0.6 is 11.5 Å². The maximum absolute atomic E-state index is 11.6. The first-order chi connectivity index (χ1) is 6.61. The molecule has 0 amide bonds. The van der Waals surface area contributed by atoms with Crippen molar-refractivity contribution in [2.24, 2.45) is 0 Å². The van der Waals surface area contributed by atoms with Crippen LogP contribution in [0.5, 0.6) is 0 Å². The summed E-state index contributed by atoms with van der Waals surface area (Å²) in [5, 5.41) is 0. The smallest absolute Gasteiger partial charge is 0.345 e. The molecule has 0 aliphatic heterocycles. The SMILES string of the molecule is CCOC(=O)c1c(C)s[n+](CC)c1C. The molecular formula is C10H16NO2S+. The first-order valence-corrected chi connectivity index (χ1v) is 5.56. The molecule has 0 aliphatic carbocycles. The quantitative estimate of drug-likeness (QED) is 0.568. The largest absolute Gasteiger partial charge is 0.462 e. The van der Waals surface area contributed by atoms with E-state index in [0.717, 1.165) is 22.7 Å². The summed E-state index contributed by atoms with van der Waals surface area (Å²) >= 11 is 1.61. The van der Waals surface area contributed by atoms with E-state index in [1.165, 1.54) is 0 Å². The van der Waals surface area contributed by atoms with Gasteiger partial charge in [0.25, 0.3) is 0 Å². The van der Waals surface area contributed by atoms with Crippen LogP contribution in [0.1, 0.15) is 34.8 Å². The minimum atomic E-state index is -0.203. The molecule has 14 heavy (non-hydrogen) atoms. The van der Waals surface area contributed by atoms with E-state index in [-0.39, 0.29) is 5.97 Å². The summed E-state index contributed by atoms with van der Waals surface area (Å²) in [5.74, 6) is -0.203. The Bertz CT molecular complexity index is 344. The first-order valence-electron chi connectivity index (χ1n) is 4.79. The predicted molar refractivity (Wildman–Crippen MR) is 55.6 cm³/mol. The van der Waals surface area contributed by atoms with Crippen LogP contribution in [0.15, 0.2) is 0 Å². The topological polar surface area (TPSA) is 30.2 Å². The molecule has 0 saturated heterocycles. The number of hydrogen-bond acceptors (Lipinski definition) is 3. The molecule has 78 valence electrons. The van der Waals surface area contributed by atoms with E-state index in [9.17, 15) is 4.79 Å². The Kier molecular flexibility index (Phi) is 3.63. The average Bonchev–Trinajstić information content (AvgIpc) is 2.41. The fourth-order valence-corrected chi connectivity index (χ4v) is 2.47. The Morgan fingerprint density at radius 2 is 2.07 bits per heavy atom. The van der Waals surface area contributed by atoms with Gasteiger partial charge in [0.05, 0.1) is 11.5 Å². The lowest BCUT2D eigenvalue weighted by Gasteiger charge is -1.98. The molecule has 0 radical (unpaired) electrons. The second-order valence-electron chi connectivity index (χ2n) is 3.02. The third-order valence-corrected chi connectivity index (χ3v) is 3.33. The van der Waals surface area contributed by atoms with Gasteiger partial charge in [-0.25, -0.2) is 4.79 Å². The van der Waals surface area contributed by atoms with Gasteiger partial charge in [0, 0.05) is 6.92 Å². The summed E-state index contributed by atoms with van der Waals surface area (Å²) < 4.78 is 7.10. The standard InChI is InChI=1S/C10H16NO2S/c1-5-11-7(3)9(8(4)14-11)10(12)13-6-2/h5-6H2,1-4H3/q+1. The molecule has 3 nitrogen and oxygen atoms in total. The van der Waals surface area contributed by atoms with E-state index in [1.807, 2.05) is 20.8 Å². The van der Waals surface area contributed by atoms with Crippen molar-refractivity contribution < 1.29 is 13.5 Å². The Morgan fingerprint density at radius 1 is 1.43 bits per heavy atom. The van der Waals surface area contributed by atoms with E-state index in [1.54, 1.807) is 11.5 Å². The lowest BCUT2D eigenvalue weighted by molar-refractivity contribution is -0.631. The van der Waals surface area contributed by atoms with Crippen molar-refractivity contribution >= 4 is 17.5 Å². The normalized spacial score (nSPS) is 10.3. The van der Waals surface area contributed by atoms with Crippen LogP contribution in [0.3, 0.4) is 0 Å². The van der Waals surface area contributed by atoms with Gasteiger partial charge in [-0.3, -0.25) is 0 Å². The van der Waals surface area contributed by atoms with Crippen LogP contribution < -0.4 is 3.96 Å². The fourth-order valence-electron chi connectivity index (χ4n) is 1.46. The molecule has 0 N–H and O–H groups in total. The third kappa shape index (κ3) is 1.95. The fraction of sp³-hybridized carbons (Fsp3) is 0.600. The van der Waals surface area contributed by atoms with Crippen molar-refractivity contribution in [1.82, 2.24) is 0 Å². The van der Waals surface area contributed by atoms with Gasteiger partial charge >= 0.3 is 5.97 Å². The highest BCUT2D eigenvalue weighted by molar-refractivity contribution is 7.02. The highest BCUT2D eigenvalue weighted by atomic mass is 32.1. The molecule has 1 aromatic heterocycles. The monoisotopic (exact) mass is 214 g/mol. The zero-order valence-electron chi connectivity index (χ0n) is 9.09. The molecule has 1 aromatic rings. The molecule has 0 aromatic carbocycles. The Morgan fingerprint density at radius 3 is 2.50 bits per heavy atom. The summed E-state index contributed by atoms with van der Waals surface area (Å²) in [4.78, 5) is 12.6. The number of carbonyl (C=O) groups excluding carboxylic acids is 1. The van der Waals surface area contributed by atoms with E-state index in [2.05, 4.69) is 10.9 Å². The van der Waals surface area contributed by atoms with Crippen molar-refractivity contribution in [3.63, 3.8) is 0 Å². The first kappa shape index (κ1) is 11.2. The van der Waals surface area contributed by atoms with E-state index >= 15 is 0 Å². The Labute approximate surface area is 88.5 Å². The maximum Gasteiger partial charge on any atom is 0.345 e. The Hall–Kier alpha value is -0.900. The number of aromatic nitrogens is 1. The lowest BCUT2D eigenvalue weighted by atomic mass is 10.2. The van der Waals surface area contributed by atoms with Crippen molar-refractivity contribution in [1.29, 1.82) is 0 Å². The second-order valence-corrected chi connectivity index (χ2v) is 4.26. The molecule has 0 aliphatic rings. The van der Waals surface area contributed by atoms with Gasteiger partial charge in [-0.1, -0.05) is 0 Å². The molecule has 4 heteroatoms. The summed E-state index contributed by atoms with van der Waals surface area (Å²) in [7, 11) is 0. The van der Waals surface area contributed by atoms with Gasteiger partial charge in [-0.2, -0.15) is 0 Å². The molecule has 0 fully saturated rings. The summed E-state index contributed by atoms with van der Waals surface area (Å²) in [6.07, 6.45) is 0. The molecule has 0 unspecified atom stereocenters. The Balaban J connectivity index is 3.07.